The van der Waals surface area contributed by atoms with Crippen molar-refractivity contribution < 1.29 is 9.18 Å². The molecule has 0 fully saturated rings. The van der Waals surface area contributed by atoms with Crippen molar-refractivity contribution in [3.05, 3.63) is 66.0 Å². The fourth-order valence-corrected chi connectivity index (χ4v) is 2.20. The molecule has 2 aromatic carbocycles. The predicted molar refractivity (Wildman–Crippen MR) is 83.2 cm³/mol. The first-order valence-electron chi connectivity index (χ1n) is 7.34. The zero-order valence-electron chi connectivity index (χ0n) is 12.4. The van der Waals surface area contributed by atoms with Crippen LogP contribution in [0.4, 0.5) is 4.39 Å². The van der Waals surface area contributed by atoms with Crippen LogP contribution >= 0.6 is 0 Å². The van der Waals surface area contributed by atoms with Crippen molar-refractivity contribution >= 4 is 5.78 Å². The van der Waals surface area contributed by atoms with Gasteiger partial charge >= 0.3 is 0 Å². The van der Waals surface area contributed by atoms with Gasteiger partial charge in [-0.05, 0) is 35.9 Å². The van der Waals surface area contributed by atoms with Crippen molar-refractivity contribution in [2.75, 3.05) is 0 Å². The molecule has 0 atom stereocenters. The highest BCUT2D eigenvalue weighted by Gasteiger charge is 2.08. The van der Waals surface area contributed by atoms with E-state index in [-0.39, 0.29) is 11.6 Å². The number of benzene rings is 2. The second-order valence-electron chi connectivity index (χ2n) is 5.11. The maximum atomic E-state index is 12.8. The van der Waals surface area contributed by atoms with E-state index in [2.05, 4.69) is 15.4 Å². The number of hydrogen-bond acceptors (Lipinski definition) is 4. The Morgan fingerprint density at radius 1 is 1.04 bits per heavy atom. The summed E-state index contributed by atoms with van der Waals surface area (Å²) in [5.74, 6) is 0.200. The minimum absolute atomic E-state index is 0.0200. The third-order valence-electron chi connectivity index (χ3n) is 3.41. The molecule has 5 nitrogen and oxygen atoms in total. The van der Waals surface area contributed by atoms with E-state index in [9.17, 15) is 9.18 Å². The van der Waals surface area contributed by atoms with E-state index in [4.69, 9.17) is 0 Å². The third-order valence-corrected chi connectivity index (χ3v) is 3.41. The number of Topliss-reactive ketones (excluding diaryl/α,β-unsaturated/α-hetero) is 1. The molecular weight excluding hydrogens is 295 g/mol. The smallest absolute Gasteiger partial charge is 0.204 e. The molecule has 1 heterocycles. The van der Waals surface area contributed by atoms with Crippen LogP contribution in [0, 0.1) is 5.82 Å². The molecule has 116 valence electrons. The summed E-state index contributed by atoms with van der Waals surface area (Å²) in [5, 5.41) is 12.3. The van der Waals surface area contributed by atoms with Crippen molar-refractivity contribution in [1.82, 2.24) is 20.2 Å². The Balaban J connectivity index is 1.54. The number of aryl methyl sites for hydroxylation is 1. The molecular formula is C17H15FN4O. The molecule has 3 rings (SSSR count). The topological polar surface area (TPSA) is 60.7 Å². The van der Waals surface area contributed by atoms with Crippen LogP contribution in [0.15, 0.2) is 54.6 Å². The van der Waals surface area contributed by atoms with E-state index in [0.717, 1.165) is 5.56 Å². The number of carbonyl (C=O) groups is 1. The van der Waals surface area contributed by atoms with Gasteiger partial charge in [-0.25, -0.2) is 4.39 Å². The number of tetrazole rings is 1. The summed E-state index contributed by atoms with van der Waals surface area (Å²) in [7, 11) is 0. The summed E-state index contributed by atoms with van der Waals surface area (Å²) in [6.07, 6.45) is 0.953. The molecule has 0 saturated heterocycles. The maximum absolute atomic E-state index is 12.8. The first kappa shape index (κ1) is 15.0. The summed E-state index contributed by atoms with van der Waals surface area (Å²) < 4.78 is 12.8. The number of carbonyl (C=O) groups excluding carboxylic acids is 1. The Morgan fingerprint density at radius 2 is 1.78 bits per heavy atom. The highest BCUT2D eigenvalue weighted by atomic mass is 19.1. The average molecular weight is 310 g/mol. The predicted octanol–water partition coefficient (Wildman–Crippen LogP) is 3.14. The van der Waals surface area contributed by atoms with Gasteiger partial charge in [0.15, 0.2) is 5.78 Å². The second kappa shape index (κ2) is 6.91. The third kappa shape index (κ3) is 3.85. The molecule has 0 bridgehead atoms. The Hall–Kier alpha value is -2.89. The maximum Gasteiger partial charge on any atom is 0.204 e. The quantitative estimate of drug-likeness (QED) is 0.656. The first-order valence-corrected chi connectivity index (χ1v) is 7.34. The van der Waals surface area contributed by atoms with E-state index >= 15 is 0 Å². The molecule has 0 radical (unpaired) electrons. The molecule has 0 aliphatic carbocycles. The van der Waals surface area contributed by atoms with E-state index in [0.29, 0.717) is 30.8 Å². The van der Waals surface area contributed by atoms with Crippen molar-refractivity contribution in [2.24, 2.45) is 0 Å². The monoisotopic (exact) mass is 310 g/mol. The molecule has 0 aliphatic heterocycles. The van der Waals surface area contributed by atoms with Gasteiger partial charge in [-0.2, -0.15) is 4.80 Å². The fraction of sp³-hybridized carbons (Fsp3) is 0.176. The lowest BCUT2D eigenvalue weighted by Gasteiger charge is -2.01. The lowest BCUT2D eigenvalue weighted by molar-refractivity contribution is 0.0977. The van der Waals surface area contributed by atoms with Crippen LogP contribution in [-0.2, 0) is 6.54 Å². The number of nitrogens with zero attached hydrogens (tertiary/aromatic N) is 4. The lowest BCUT2D eigenvalue weighted by Crippen LogP contribution is -2.06. The van der Waals surface area contributed by atoms with Crippen LogP contribution < -0.4 is 0 Å². The molecule has 0 N–H and O–H groups in total. The van der Waals surface area contributed by atoms with Crippen LogP contribution in [-0.4, -0.2) is 26.0 Å². The molecule has 3 aromatic rings. The highest BCUT2D eigenvalue weighted by Crippen LogP contribution is 2.12. The van der Waals surface area contributed by atoms with Gasteiger partial charge < -0.3 is 0 Å². The largest absolute Gasteiger partial charge is 0.294 e. The standard InChI is InChI=1S/C17H15FN4O/c18-15-10-8-13(9-11-15)16(23)7-4-12-22-20-17(19-21-22)14-5-2-1-3-6-14/h1-3,5-6,8-11H,4,7,12H2. The normalized spacial score (nSPS) is 10.7. The van der Waals surface area contributed by atoms with Gasteiger partial charge in [0, 0.05) is 17.5 Å². The summed E-state index contributed by atoms with van der Waals surface area (Å²) in [5.41, 5.74) is 1.42. The Labute approximate surface area is 132 Å². The van der Waals surface area contributed by atoms with Gasteiger partial charge in [0.05, 0.1) is 6.54 Å². The minimum Gasteiger partial charge on any atom is -0.294 e. The van der Waals surface area contributed by atoms with Crippen molar-refractivity contribution in [2.45, 2.75) is 19.4 Å². The molecule has 6 heteroatoms. The van der Waals surface area contributed by atoms with E-state index < -0.39 is 0 Å². The molecule has 0 aliphatic rings. The number of aromatic nitrogens is 4. The van der Waals surface area contributed by atoms with E-state index in [1.807, 2.05) is 30.3 Å². The number of rotatable bonds is 6. The molecule has 0 saturated carbocycles. The number of hydrogen-bond donors (Lipinski definition) is 0. The summed E-state index contributed by atoms with van der Waals surface area (Å²) in [6.45, 7) is 0.507. The van der Waals surface area contributed by atoms with E-state index in [1.54, 1.807) is 0 Å². The van der Waals surface area contributed by atoms with Gasteiger partial charge in [0.2, 0.25) is 5.82 Å². The summed E-state index contributed by atoms with van der Waals surface area (Å²) in [4.78, 5) is 13.5. The van der Waals surface area contributed by atoms with Gasteiger partial charge in [0.25, 0.3) is 0 Å². The van der Waals surface area contributed by atoms with Crippen LogP contribution in [0.5, 0.6) is 0 Å². The SMILES string of the molecule is O=C(CCCn1nnc(-c2ccccc2)n1)c1ccc(F)cc1. The fourth-order valence-electron chi connectivity index (χ4n) is 2.20. The zero-order chi connectivity index (χ0) is 16.1. The van der Waals surface area contributed by atoms with Crippen LogP contribution in [0.3, 0.4) is 0 Å². The van der Waals surface area contributed by atoms with Crippen molar-refractivity contribution in [3.63, 3.8) is 0 Å². The second-order valence-corrected chi connectivity index (χ2v) is 5.11. The van der Waals surface area contributed by atoms with Crippen LogP contribution in [0.25, 0.3) is 11.4 Å². The van der Waals surface area contributed by atoms with Crippen LogP contribution in [0.1, 0.15) is 23.2 Å². The van der Waals surface area contributed by atoms with Gasteiger partial charge in [-0.3, -0.25) is 4.79 Å². The molecule has 0 spiro atoms. The van der Waals surface area contributed by atoms with Crippen molar-refractivity contribution in [3.8, 4) is 11.4 Å². The average Bonchev–Trinajstić information content (AvgIpc) is 3.05. The van der Waals surface area contributed by atoms with Gasteiger partial charge in [-0.15, -0.1) is 10.2 Å². The molecule has 0 amide bonds. The summed E-state index contributed by atoms with van der Waals surface area (Å²) >= 11 is 0. The molecule has 1 aromatic heterocycles. The number of halogens is 1. The number of ketones is 1. The Kier molecular flexibility index (Phi) is 4.52. The van der Waals surface area contributed by atoms with Gasteiger partial charge in [0.1, 0.15) is 5.82 Å². The van der Waals surface area contributed by atoms with E-state index in [1.165, 1.54) is 29.1 Å². The molecule has 0 unspecified atom stereocenters. The lowest BCUT2D eigenvalue weighted by atomic mass is 10.1. The summed E-state index contributed by atoms with van der Waals surface area (Å²) in [6, 6.07) is 15.2. The van der Waals surface area contributed by atoms with Crippen LogP contribution in [0.2, 0.25) is 0 Å². The molecule has 23 heavy (non-hydrogen) atoms. The Morgan fingerprint density at radius 3 is 2.52 bits per heavy atom. The van der Waals surface area contributed by atoms with Gasteiger partial charge in [-0.1, -0.05) is 30.3 Å². The van der Waals surface area contributed by atoms with Crippen molar-refractivity contribution in [1.29, 1.82) is 0 Å². The first-order chi connectivity index (χ1) is 11.2. The minimum atomic E-state index is -0.346. The highest BCUT2D eigenvalue weighted by molar-refractivity contribution is 5.95. The zero-order valence-corrected chi connectivity index (χ0v) is 12.4. The Bertz CT molecular complexity index is 784.